The number of imide groups is 1. The van der Waals surface area contributed by atoms with E-state index in [4.69, 9.17) is 0 Å². The average molecular weight is 363 g/mol. The highest BCUT2D eigenvalue weighted by atomic mass is 32.1. The van der Waals surface area contributed by atoms with E-state index < -0.39 is 17.7 Å². The third-order valence-electron chi connectivity index (χ3n) is 3.99. The van der Waals surface area contributed by atoms with Crippen molar-refractivity contribution in [2.75, 3.05) is 11.9 Å². The van der Waals surface area contributed by atoms with Crippen LogP contribution in [0.4, 0.5) is 5.13 Å². The van der Waals surface area contributed by atoms with Crippen molar-refractivity contribution in [3.05, 3.63) is 71.9 Å². The Kier molecular flexibility index (Phi) is 4.06. The van der Waals surface area contributed by atoms with Crippen molar-refractivity contribution >= 4 is 34.2 Å². The molecule has 0 saturated carbocycles. The maximum Gasteiger partial charge on any atom is 0.262 e. The van der Waals surface area contributed by atoms with E-state index >= 15 is 0 Å². The summed E-state index contributed by atoms with van der Waals surface area (Å²) in [5.41, 5.74) is 1.66. The second-order valence-corrected chi connectivity index (χ2v) is 6.72. The van der Waals surface area contributed by atoms with Gasteiger partial charge in [-0.05, 0) is 17.7 Å². The molecule has 2 heterocycles. The monoisotopic (exact) mass is 363 g/mol. The lowest BCUT2D eigenvalue weighted by atomic mass is 10.1. The number of rotatable bonds is 4. The molecule has 0 radical (unpaired) electrons. The highest BCUT2D eigenvalue weighted by molar-refractivity contribution is 7.19. The molecule has 0 fully saturated rings. The number of carbonyl (C=O) groups excluding carboxylic acids is 3. The molecule has 1 aromatic heterocycles. The Morgan fingerprint density at radius 1 is 0.962 bits per heavy atom. The van der Waals surface area contributed by atoms with Gasteiger partial charge in [0.2, 0.25) is 5.91 Å². The molecule has 0 atom stereocenters. The van der Waals surface area contributed by atoms with Crippen LogP contribution in [0.3, 0.4) is 0 Å². The Morgan fingerprint density at radius 2 is 1.58 bits per heavy atom. The van der Waals surface area contributed by atoms with Crippen LogP contribution in [-0.4, -0.2) is 34.2 Å². The van der Waals surface area contributed by atoms with Gasteiger partial charge in [-0.3, -0.25) is 19.3 Å². The van der Waals surface area contributed by atoms with E-state index in [1.54, 1.807) is 30.5 Å². The molecule has 7 heteroatoms. The number of nitrogens with zero attached hydrogens (tertiary/aromatic N) is 2. The van der Waals surface area contributed by atoms with Crippen LogP contribution in [0.25, 0.3) is 10.4 Å². The molecular weight excluding hydrogens is 350 g/mol. The van der Waals surface area contributed by atoms with Gasteiger partial charge in [0.05, 0.1) is 16.0 Å². The number of benzene rings is 2. The summed E-state index contributed by atoms with van der Waals surface area (Å²) < 4.78 is 0. The number of aromatic nitrogens is 1. The molecule has 2 aromatic carbocycles. The van der Waals surface area contributed by atoms with E-state index in [0.29, 0.717) is 16.3 Å². The van der Waals surface area contributed by atoms with E-state index in [2.05, 4.69) is 10.3 Å². The standard InChI is InChI=1S/C19H13N3O3S/c23-16(11-22-17(24)13-8-4-5-9-14(13)18(22)25)21-19-20-10-15(26-19)12-6-2-1-3-7-12/h1-10H,11H2,(H,20,21,23). The summed E-state index contributed by atoms with van der Waals surface area (Å²) in [5, 5.41) is 3.07. The molecule has 0 aliphatic carbocycles. The van der Waals surface area contributed by atoms with Crippen LogP contribution in [-0.2, 0) is 4.79 Å². The Bertz CT molecular complexity index is 979. The van der Waals surface area contributed by atoms with Crippen LogP contribution in [0.1, 0.15) is 20.7 Å². The number of amides is 3. The second-order valence-electron chi connectivity index (χ2n) is 5.69. The average Bonchev–Trinajstić information content (AvgIpc) is 3.22. The lowest BCUT2D eigenvalue weighted by molar-refractivity contribution is -0.116. The fourth-order valence-electron chi connectivity index (χ4n) is 2.75. The predicted octanol–water partition coefficient (Wildman–Crippen LogP) is 3.04. The first-order valence-electron chi connectivity index (χ1n) is 7.90. The van der Waals surface area contributed by atoms with Gasteiger partial charge in [-0.25, -0.2) is 4.98 Å². The van der Waals surface area contributed by atoms with Gasteiger partial charge in [0.15, 0.2) is 5.13 Å². The van der Waals surface area contributed by atoms with Crippen molar-refractivity contribution in [2.24, 2.45) is 0 Å². The Balaban J connectivity index is 1.45. The van der Waals surface area contributed by atoms with Crippen LogP contribution in [0.15, 0.2) is 60.8 Å². The van der Waals surface area contributed by atoms with E-state index in [-0.39, 0.29) is 6.54 Å². The maximum atomic E-state index is 12.3. The second kappa shape index (κ2) is 6.53. The predicted molar refractivity (Wildman–Crippen MR) is 98.0 cm³/mol. The number of thiazole rings is 1. The van der Waals surface area contributed by atoms with Crippen LogP contribution in [0.5, 0.6) is 0 Å². The number of nitrogens with one attached hydrogen (secondary N) is 1. The third kappa shape index (κ3) is 2.89. The van der Waals surface area contributed by atoms with Gasteiger partial charge >= 0.3 is 0 Å². The molecule has 1 N–H and O–H groups in total. The largest absolute Gasteiger partial charge is 0.300 e. The van der Waals surface area contributed by atoms with Crippen molar-refractivity contribution in [3.63, 3.8) is 0 Å². The van der Waals surface area contributed by atoms with Crippen molar-refractivity contribution in [3.8, 4) is 10.4 Å². The summed E-state index contributed by atoms with van der Waals surface area (Å²) in [6.45, 7) is -0.341. The van der Waals surface area contributed by atoms with Crippen molar-refractivity contribution < 1.29 is 14.4 Å². The third-order valence-corrected chi connectivity index (χ3v) is 4.95. The molecule has 3 aromatic rings. The Labute approximate surface area is 153 Å². The van der Waals surface area contributed by atoms with E-state index in [1.165, 1.54) is 11.3 Å². The first-order valence-corrected chi connectivity index (χ1v) is 8.71. The van der Waals surface area contributed by atoms with Crippen LogP contribution < -0.4 is 5.32 Å². The zero-order chi connectivity index (χ0) is 18.1. The topological polar surface area (TPSA) is 79.4 Å². The summed E-state index contributed by atoms with van der Waals surface area (Å²) in [5.74, 6) is -1.37. The van der Waals surface area contributed by atoms with Crippen LogP contribution in [0.2, 0.25) is 0 Å². The molecule has 0 bridgehead atoms. The maximum absolute atomic E-state index is 12.3. The number of anilines is 1. The summed E-state index contributed by atoms with van der Waals surface area (Å²) in [6, 6.07) is 16.2. The Hall–Kier alpha value is -3.32. The minimum Gasteiger partial charge on any atom is -0.300 e. The number of carbonyl (C=O) groups is 3. The SMILES string of the molecule is O=C(CN1C(=O)c2ccccc2C1=O)Nc1ncc(-c2ccccc2)s1. The Morgan fingerprint density at radius 3 is 2.23 bits per heavy atom. The molecule has 6 nitrogen and oxygen atoms in total. The first-order chi connectivity index (χ1) is 12.6. The van der Waals surface area contributed by atoms with E-state index in [0.717, 1.165) is 15.3 Å². The van der Waals surface area contributed by atoms with Crippen molar-refractivity contribution in [2.45, 2.75) is 0 Å². The minimum atomic E-state index is -0.464. The summed E-state index contributed by atoms with van der Waals surface area (Å²) in [7, 11) is 0. The summed E-state index contributed by atoms with van der Waals surface area (Å²) >= 11 is 1.33. The number of hydrogen-bond acceptors (Lipinski definition) is 5. The van der Waals surface area contributed by atoms with Gasteiger partial charge in [-0.2, -0.15) is 0 Å². The molecule has 1 aliphatic rings. The molecule has 0 unspecified atom stereocenters. The first kappa shape index (κ1) is 16.2. The fourth-order valence-corrected chi connectivity index (χ4v) is 3.59. The fraction of sp³-hybridized carbons (Fsp3) is 0.0526. The van der Waals surface area contributed by atoms with Gasteiger partial charge in [0.1, 0.15) is 6.54 Å². The van der Waals surface area contributed by atoms with Gasteiger partial charge in [-0.15, -0.1) is 0 Å². The lowest BCUT2D eigenvalue weighted by Crippen LogP contribution is -2.37. The summed E-state index contributed by atoms with van der Waals surface area (Å²) in [6.07, 6.45) is 1.68. The van der Waals surface area contributed by atoms with Gasteiger partial charge in [0.25, 0.3) is 11.8 Å². The molecule has 0 saturated heterocycles. The molecule has 0 spiro atoms. The molecule has 26 heavy (non-hydrogen) atoms. The molecule has 1 aliphatic heterocycles. The smallest absolute Gasteiger partial charge is 0.262 e. The molecule has 3 amide bonds. The minimum absolute atomic E-state index is 0.325. The summed E-state index contributed by atoms with van der Waals surface area (Å²) in [4.78, 5) is 42.9. The van der Waals surface area contributed by atoms with Crippen LogP contribution in [0, 0.1) is 0 Å². The zero-order valence-corrected chi connectivity index (χ0v) is 14.3. The van der Waals surface area contributed by atoms with Crippen LogP contribution >= 0.6 is 11.3 Å². The quantitative estimate of drug-likeness (QED) is 0.723. The van der Waals surface area contributed by atoms with Crippen molar-refractivity contribution in [1.82, 2.24) is 9.88 Å². The zero-order valence-electron chi connectivity index (χ0n) is 13.5. The number of fused-ring (bicyclic) bond motifs is 1. The van der Waals surface area contributed by atoms with Gasteiger partial charge in [0, 0.05) is 6.20 Å². The van der Waals surface area contributed by atoms with Crippen molar-refractivity contribution in [1.29, 1.82) is 0 Å². The molecule has 128 valence electrons. The number of hydrogen-bond donors (Lipinski definition) is 1. The van der Waals surface area contributed by atoms with Gasteiger partial charge < -0.3 is 5.32 Å². The normalized spacial score (nSPS) is 13.0. The molecular formula is C19H13N3O3S. The molecule has 4 rings (SSSR count). The van der Waals surface area contributed by atoms with E-state index in [1.807, 2.05) is 30.3 Å². The van der Waals surface area contributed by atoms with E-state index in [9.17, 15) is 14.4 Å². The lowest BCUT2D eigenvalue weighted by Gasteiger charge is -2.12. The van der Waals surface area contributed by atoms with Gasteiger partial charge in [-0.1, -0.05) is 53.8 Å². The highest BCUT2D eigenvalue weighted by Gasteiger charge is 2.36. The highest BCUT2D eigenvalue weighted by Crippen LogP contribution is 2.29.